The van der Waals surface area contributed by atoms with Gasteiger partial charge in [-0.3, -0.25) is 0 Å². The first-order valence-corrected chi connectivity index (χ1v) is 7.68. The number of imidazole rings is 1. The number of aromatic nitrogens is 2. The Bertz CT molecular complexity index is 906. The first kappa shape index (κ1) is 16.8. The van der Waals surface area contributed by atoms with E-state index in [0.29, 0.717) is 23.5 Å². The van der Waals surface area contributed by atoms with Crippen LogP contribution in [-0.4, -0.2) is 22.6 Å². The van der Waals surface area contributed by atoms with E-state index in [1.165, 1.54) is 19.2 Å². The van der Waals surface area contributed by atoms with Crippen molar-refractivity contribution in [1.29, 1.82) is 0 Å². The average Bonchev–Trinajstić information content (AvgIpc) is 3.04. The molecule has 2 aromatic carbocycles. The molecule has 0 aliphatic rings. The van der Waals surface area contributed by atoms with E-state index in [1.807, 2.05) is 16.7 Å². The molecule has 0 fully saturated rings. The summed E-state index contributed by atoms with van der Waals surface area (Å²) in [5.41, 5.74) is 1.60. The van der Waals surface area contributed by atoms with Gasteiger partial charge in [0.2, 0.25) is 0 Å². The lowest BCUT2D eigenvalue weighted by Gasteiger charge is -2.11. The first-order valence-electron chi connectivity index (χ1n) is 7.68. The van der Waals surface area contributed by atoms with Crippen LogP contribution in [-0.2, 0) is 17.7 Å². The lowest BCUT2D eigenvalue weighted by atomic mass is 10.1. The summed E-state index contributed by atoms with van der Waals surface area (Å²) in [5.74, 6) is -1.02. The molecule has 25 heavy (non-hydrogen) atoms. The minimum absolute atomic E-state index is 0.222. The number of carbonyl (C=O) groups excluding carboxylic acids is 1. The molecule has 128 valence electrons. The van der Waals surface area contributed by atoms with E-state index in [-0.39, 0.29) is 6.42 Å². The van der Waals surface area contributed by atoms with E-state index in [4.69, 9.17) is 4.74 Å². The van der Waals surface area contributed by atoms with Crippen molar-refractivity contribution >= 4 is 5.97 Å². The van der Waals surface area contributed by atoms with Crippen molar-refractivity contribution in [1.82, 2.24) is 9.55 Å². The fourth-order valence-corrected chi connectivity index (χ4v) is 2.64. The number of halogens is 2. The third-order valence-corrected chi connectivity index (χ3v) is 3.93. The van der Waals surface area contributed by atoms with Crippen molar-refractivity contribution < 1.29 is 18.3 Å². The molecule has 1 aromatic heterocycles. The van der Waals surface area contributed by atoms with Gasteiger partial charge < -0.3 is 9.30 Å². The van der Waals surface area contributed by atoms with Gasteiger partial charge in [-0.05, 0) is 23.3 Å². The second-order valence-corrected chi connectivity index (χ2v) is 5.53. The van der Waals surface area contributed by atoms with Crippen LogP contribution in [0.2, 0.25) is 0 Å². The van der Waals surface area contributed by atoms with Gasteiger partial charge in [0.15, 0.2) is 0 Å². The van der Waals surface area contributed by atoms with Gasteiger partial charge in [-0.2, -0.15) is 0 Å². The number of hydrogen-bond donors (Lipinski definition) is 0. The van der Waals surface area contributed by atoms with Gasteiger partial charge in [-0.1, -0.05) is 24.3 Å². The third kappa shape index (κ3) is 3.74. The molecule has 0 aliphatic carbocycles. The number of benzene rings is 2. The van der Waals surface area contributed by atoms with Crippen LogP contribution in [0, 0.1) is 11.6 Å². The van der Waals surface area contributed by atoms with E-state index in [1.54, 1.807) is 24.5 Å². The molecule has 0 N–H and O–H groups in total. The van der Waals surface area contributed by atoms with Crippen molar-refractivity contribution in [2.75, 3.05) is 7.11 Å². The number of nitrogens with zero attached hydrogens (tertiary/aromatic N) is 2. The number of rotatable bonds is 5. The maximum absolute atomic E-state index is 13.9. The number of ether oxygens (including phenoxy) is 1. The Morgan fingerprint density at radius 2 is 1.96 bits per heavy atom. The highest BCUT2D eigenvalue weighted by molar-refractivity contribution is 5.90. The van der Waals surface area contributed by atoms with Gasteiger partial charge in [-0.25, -0.2) is 18.6 Å². The molecular formula is C19H16F2N2O2. The summed E-state index contributed by atoms with van der Waals surface area (Å²) in [6.45, 7) is 0.392. The molecule has 0 aliphatic heterocycles. The first-order chi connectivity index (χ1) is 12.1. The standard InChI is InChI=1S/C19H16F2N2O2/c1-25-19(24)16-5-3-2-4-14(16)12-23-9-8-22-18(23)10-13-6-7-15(20)11-17(13)21/h2-9,11H,10,12H2,1H3. The highest BCUT2D eigenvalue weighted by Crippen LogP contribution is 2.17. The molecule has 0 spiro atoms. The zero-order chi connectivity index (χ0) is 17.8. The maximum atomic E-state index is 13.9. The maximum Gasteiger partial charge on any atom is 0.338 e. The average molecular weight is 342 g/mol. The summed E-state index contributed by atoms with van der Waals surface area (Å²) >= 11 is 0. The summed E-state index contributed by atoms with van der Waals surface area (Å²) in [6.07, 6.45) is 3.59. The van der Waals surface area contributed by atoms with Crippen LogP contribution in [0.1, 0.15) is 27.3 Å². The van der Waals surface area contributed by atoms with E-state index in [9.17, 15) is 13.6 Å². The van der Waals surface area contributed by atoms with Crippen LogP contribution in [0.3, 0.4) is 0 Å². The predicted molar refractivity (Wildman–Crippen MR) is 88.3 cm³/mol. The second-order valence-electron chi connectivity index (χ2n) is 5.53. The van der Waals surface area contributed by atoms with Gasteiger partial charge in [0, 0.05) is 31.4 Å². The number of hydrogen-bond acceptors (Lipinski definition) is 3. The summed E-state index contributed by atoms with van der Waals surface area (Å²) < 4.78 is 33.5. The van der Waals surface area contributed by atoms with Crippen LogP contribution in [0.4, 0.5) is 8.78 Å². The minimum atomic E-state index is -0.614. The molecule has 3 rings (SSSR count). The van der Waals surface area contributed by atoms with Crippen LogP contribution in [0.15, 0.2) is 54.9 Å². The van der Waals surface area contributed by atoms with Crippen molar-refractivity contribution in [3.63, 3.8) is 0 Å². The largest absolute Gasteiger partial charge is 0.465 e. The monoisotopic (exact) mass is 342 g/mol. The third-order valence-electron chi connectivity index (χ3n) is 3.93. The SMILES string of the molecule is COC(=O)c1ccccc1Cn1ccnc1Cc1ccc(F)cc1F. The van der Waals surface area contributed by atoms with Gasteiger partial charge in [0.1, 0.15) is 17.5 Å². The number of methoxy groups -OCH3 is 1. The zero-order valence-electron chi connectivity index (χ0n) is 13.6. The van der Waals surface area contributed by atoms with Crippen LogP contribution < -0.4 is 0 Å². The van der Waals surface area contributed by atoms with Crippen LogP contribution >= 0.6 is 0 Å². The molecule has 4 nitrogen and oxygen atoms in total. The van der Waals surface area contributed by atoms with E-state index >= 15 is 0 Å². The van der Waals surface area contributed by atoms with Crippen molar-refractivity contribution in [2.45, 2.75) is 13.0 Å². The normalized spacial score (nSPS) is 10.7. The topological polar surface area (TPSA) is 44.1 Å². The number of carbonyl (C=O) groups is 1. The highest BCUT2D eigenvalue weighted by Gasteiger charge is 2.14. The van der Waals surface area contributed by atoms with E-state index in [0.717, 1.165) is 11.6 Å². The highest BCUT2D eigenvalue weighted by atomic mass is 19.1. The predicted octanol–water partition coefficient (Wildman–Crippen LogP) is 3.59. The Kier molecular flexibility index (Phi) is 4.88. The molecule has 0 unspecified atom stereocenters. The van der Waals surface area contributed by atoms with Crippen molar-refractivity contribution in [3.05, 3.63) is 89.0 Å². The molecule has 0 bridgehead atoms. The molecule has 0 atom stereocenters. The molecule has 0 saturated carbocycles. The quantitative estimate of drug-likeness (QED) is 0.666. The summed E-state index contributed by atoms with van der Waals surface area (Å²) in [5, 5.41) is 0. The van der Waals surface area contributed by atoms with Crippen LogP contribution in [0.25, 0.3) is 0 Å². The Hall–Kier alpha value is -3.02. The Balaban J connectivity index is 1.87. The zero-order valence-corrected chi connectivity index (χ0v) is 13.6. The molecular weight excluding hydrogens is 326 g/mol. The van der Waals surface area contributed by atoms with Crippen molar-refractivity contribution in [2.24, 2.45) is 0 Å². The van der Waals surface area contributed by atoms with Gasteiger partial charge >= 0.3 is 5.97 Å². The molecule has 1 heterocycles. The molecule has 0 amide bonds. The fourth-order valence-electron chi connectivity index (χ4n) is 2.64. The lowest BCUT2D eigenvalue weighted by molar-refractivity contribution is 0.0599. The molecule has 0 saturated heterocycles. The molecule has 3 aromatic rings. The fraction of sp³-hybridized carbons (Fsp3) is 0.158. The Morgan fingerprint density at radius 1 is 1.16 bits per heavy atom. The van der Waals surface area contributed by atoms with Gasteiger partial charge in [0.05, 0.1) is 12.7 Å². The second kappa shape index (κ2) is 7.25. The Labute approximate surface area is 143 Å². The van der Waals surface area contributed by atoms with E-state index in [2.05, 4.69) is 4.98 Å². The lowest BCUT2D eigenvalue weighted by Crippen LogP contribution is -2.11. The molecule has 0 radical (unpaired) electrons. The summed E-state index contributed by atoms with van der Waals surface area (Å²) in [7, 11) is 1.33. The van der Waals surface area contributed by atoms with Gasteiger partial charge in [-0.15, -0.1) is 0 Å². The number of esters is 1. The van der Waals surface area contributed by atoms with Crippen molar-refractivity contribution in [3.8, 4) is 0 Å². The van der Waals surface area contributed by atoms with Gasteiger partial charge in [0.25, 0.3) is 0 Å². The van der Waals surface area contributed by atoms with E-state index < -0.39 is 17.6 Å². The van der Waals surface area contributed by atoms with Crippen LogP contribution in [0.5, 0.6) is 0 Å². The Morgan fingerprint density at radius 3 is 2.72 bits per heavy atom. The molecule has 6 heteroatoms. The summed E-state index contributed by atoms with van der Waals surface area (Å²) in [6, 6.07) is 10.6. The summed E-state index contributed by atoms with van der Waals surface area (Å²) in [4.78, 5) is 16.1. The minimum Gasteiger partial charge on any atom is -0.465 e. The smallest absolute Gasteiger partial charge is 0.338 e.